The van der Waals surface area contributed by atoms with E-state index in [1.165, 1.54) is 0 Å². The number of aryl methyl sites for hydroxylation is 1. The zero-order chi connectivity index (χ0) is 28.4. The van der Waals surface area contributed by atoms with Gasteiger partial charge in [0.1, 0.15) is 5.66 Å². The van der Waals surface area contributed by atoms with Crippen LogP contribution in [-0.2, 0) is 0 Å². The fraction of sp³-hybridized carbons (Fsp3) is 0.667. The molecule has 1 aliphatic heterocycles. The van der Waals surface area contributed by atoms with E-state index in [1.807, 2.05) is 32.1 Å². The lowest BCUT2D eigenvalue weighted by Gasteiger charge is -2.48. The summed E-state index contributed by atoms with van der Waals surface area (Å²) >= 11 is 6.50. The molecule has 0 saturated heterocycles. The van der Waals surface area contributed by atoms with Gasteiger partial charge in [0.25, 0.3) is 0 Å². The van der Waals surface area contributed by atoms with Crippen LogP contribution in [0.1, 0.15) is 112 Å². The number of nitrogens with zero attached hydrogens (tertiary/aromatic N) is 2. The SMILES string of the molecule is C=C/C(=C\C)C(CCC(C)(C)C)N1C(CC)(CCC(C)C(C)(C)C)N=C(c2cc(C)cc(Cl)c2)C1(C)O. The van der Waals surface area contributed by atoms with E-state index >= 15 is 0 Å². The van der Waals surface area contributed by atoms with Crippen LogP contribution in [-0.4, -0.2) is 33.1 Å². The number of benzene rings is 1. The molecule has 1 aromatic carbocycles. The molecule has 0 radical (unpaired) electrons. The van der Waals surface area contributed by atoms with Gasteiger partial charge in [-0.25, -0.2) is 4.90 Å². The highest BCUT2D eigenvalue weighted by atomic mass is 35.5. The quantitative estimate of drug-likeness (QED) is 0.307. The third-order valence-electron chi connectivity index (χ3n) is 8.46. The Morgan fingerprint density at radius 3 is 2.24 bits per heavy atom. The van der Waals surface area contributed by atoms with Crippen molar-refractivity contribution in [1.82, 2.24) is 4.90 Å². The lowest BCUT2D eigenvalue weighted by molar-refractivity contribution is -0.107. The predicted molar refractivity (Wildman–Crippen MR) is 162 cm³/mol. The molecule has 0 aromatic heterocycles. The lowest BCUT2D eigenvalue weighted by atomic mass is 9.77. The molecule has 0 spiro atoms. The van der Waals surface area contributed by atoms with Gasteiger partial charge < -0.3 is 5.11 Å². The first-order valence-corrected chi connectivity index (χ1v) is 14.5. The van der Waals surface area contributed by atoms with E-state index < -0.39 is 11.4 Å². The first-order valence-electron chi connectivity index (χ1n) is 14.1. The first-order chi connectivity index (χ1) is 16.9. The maximum Gasteiger partial charge on any atom is 0.161 e. The van der Waals surface area contributed by atoms with E-state index in [9.17, 15) is 5.11 Å². The molecule has 2 rings (SSSR count). The number of halogens is 1. The number of aliphatic hydroxyl groups is 1. The molecule has 3 nitrogen and oxygen atoms in total. The molecule has 0 fully saturated rings. The average Bonchev–Trinajstić information content (AvgIpc) is 3.00. The zero-order valence-corrected chi connectivity index (χ0v) is 26.3. The molecule has 0 aliphatic carbocycles. The van der Waals surface area contributed by atoms with Crippen LogP contribution in [0.2, 0.25) is 5.02 Å². The van der Waals surface area contributed by atoms with Crippen molar-refractivity contribution in [1.29, 1.82) is 0 Å². The number of rotatable bonds is 10. The molecule has 4 atom stereocenters. The molecule has 1 aliphatic rings. The molecule has 1 aromatic rings. The number of hydrogen-bond donors (Lipinski definition) is 1. The average molecular weight is 529 g/mol. The minimum atomic E-state index is -1.27. The van der Waals surface area contributed by atoms with Crippen LogP contribution in [0.3, 0.4) is 0 Å². The summed E-state index contributed by atoms with van der Waals surface area (Å²) in [4.78, 5) is 7.79. The summed E-state index contributed by atoms with van der Waals surface area (Å²) < 4.78 is 0. The van der Waals surface area contributed by atoms with Gasteiger partial charge in [-0.3, -0.25) is 4.99 Å². The third kappa shape index (κ3) is 7.37. The Morgan fingerprint density at radius 2 is 1.78 bits per heavy atom. The second-order valence-electron chi connectivity index (χ2n) is 13.6. The van der Waals surface area contributed by atoms with Crippen LogP contribution < -0.4 is 0 Å². The van der Waals surface area contributed by atoms with E-state index in [0.717, 1.165) is 48.8 Å². The van der Waals surface area contributed by atoms with Crippen molar-refractivity contribution >= 4 is 17.3 Å². The molecule has 208 valence electrons. The number of aliphatic imine (C=N–C) groups is 1. The van der Waals surface area contributed by atoms with Gasteiger partial charge >= 0.3 is 0 Å². The summed E-state index contributed by atoms with van der Waals surface area (Å²) in [6, 6.07) is 5.97. The van der Waals surface area contributed by atoms with E-state index in [4.69, 9.17) is 16.6 Å². The van der Waals surface area contributed by atoms with Gasteiger partial charge in [-0.2, -0.15) is 0 Å². The Kier molecular flexibility index (Phi) is 10.1. The molecule has 4 heteroatoms. The summed E-state index contributed by atoms with van der Waals surface area (Å²) in [5.74, 6) is 0.518. The Labute approximate surface area is 233 Å². The Bertz CT molecular complexity index is 988. The van der Waals surface area contributed by atoms with Crippen LogP contribution in [0.15, 0.2) is 47.5 Å². The highest BCUT2D eigenvalue weighted by molar-refractivity contribution is 6.31. The zero-order valence-electron chi connectivity index (χ0n) is 25.5. The van der Waals surface area contributed by atoms with Crippen LogP contribution in [0, 0.1) is 23.7 Å². The summed E-state index contributed by atoms with van der Waals surface area (Å²) in [7, 11) is 0. The molecular formula is C33H53ClN2O. The van der Waals surface area contributed by atoms with Gasteiger partial charge in [0, 0.05) is 16.6 Å². The Balaban J connectivity index is 2.76. The smallest absolute Gasteiger partial charge is 0.161 e. The van der Waals surface area contributed by atoms with E-state index in [2.05, 4.69) is 85.9 Å². The lowest BCUT2D eigenvalue weighted by Crippen LogP contribution is -2.61. The molecule has 0 bridgehead atoms. The van der Waals surface area contributed by atoms with Gasteiger partial charge in [-0.05, 0) is 99.0 Å². The maximum absolute atomic E-state index is 12.5. The summed E-state index contributed by atoms with van der Waals surface area (Å²) in [6.07, 6.45) is 8.77. The molecule has 1 heterocycles. The standard InChI is InChI=1S/C33H53ClN2O/c1-13-25(14-2)28(17-18-30(6,7)8)36-32(12,37)29(26-20-23(4)21-27(34)22-26)35-33(36,15-3)19-16-24(5)31(9,10)11/h13-14,20-22,24,28,37H,1,15-19H2,2-12H3/b25-14+. The number of hydrogen-bond acceptors (Lipinski definition) is 3. The largest absolute Gasteiger partial charge is 0.370 e. The van der Waals surface area contributed by atoms with Crippen molar-refractivity contribution in [3.8, 4) is 0 Å². The molecule has 0 saturated carbocycles. The predicted octanol–water partition coefficient (Wildman–Crippen LogP) is 9.36. The van der Waals surface area contributed by atoms with Crippen molar-refractivity contribution in [2.45, 2.75) is 126 Å². The van der Waals surface area contributed by atoms with Crippen LogP contribution >= 0.6 is 11.6 Å². The number of allylic oxidation sites excluding steroid dienone is 1. The molecule has 37 heavy (non-hydrogen) atoms. The van der Waals surface area contributed by atoms with Crippen molar-refractivity contribution < 1.29 is 5.11 Å². The highest BCUT2D eigenvalue weighted by Gasteiger charge is 2.56. The second kappa shape index (κ2) is 11.8. The molecule has 4 unspecified atom stereocenters. The minimum Gasteiger partial charge on any atom is -0.370 e. The highest BCUT2D eigenvalue weighted by Crippen LogP contribution is 2.47. The van der Waals surface area contributed by atoms with Crippen molar-refractivity contribution in [3.63, 3.8) is 0 Å². The monoisotopic (exact) mass is 528 g/mol. The Hall–Kier alpha value is -1.42. The van der Waals surface area contributed by atoms with Gasteiger partial charge in [-0.1, -0.05) is 85.7 Å². The topological polar surface area (TPSA) is 35.8 Å². The minimum absolute atomic E-state index is 0.0110. The summed E-state index contributed by atoms with van der Waals surface area (Å²) in [5, 5.41) is 13.1. The third-order valence-corrected chi connectivity index (χ3v) is 8.68. The summed E-state index contributed by atoms with van der Waals surface area (Å²) in [5.41, 5.74) is 2.40. The van der Waals surface area contributed by atoms with E-state index in [-0.39, 0.29) is 16.9 Å². The fourth-order valence-corrected chi connectivity index (χ4v) is 5.93. The normalized spacial score (nSPS) is 25.2. The van der Waals surface area contributed by atoms with Crippen molar-refractivity contribution in [3.05, 3.63) is 58.7 Å². The van der Waals surface area contributed by atoms with Crippen LogP contribution in [0.4, 0.5) is 0 Å². The van der Waals surface area contributed by atoms with Crippen molar-refractivity contribution in [2.75, 3.05) is 0 Å². The molecular weight excluding hydrogens is 476 g/mol. The molecule has 1 N–H and O–H groups in total. The molecule has 0 amide bonds. The van der Waals surface area contributed by atoms with Gasteiger partial charge in [0.2, 0.25) is 0 Å². The van der Waals surface area contributed by atoms with Crippen molar-refractivity contribution in [2.24, 2.45) is 21.7 Å². The first kappa shape index (κ1) is 31.8. The van der Waals surface area contributed by atoms with Gasteiger partial charge in [0.05, 0.1) is 5.71 Å². The van der Waals surface area contributed by atoms with E-state index in [1.54, 1.807) is 0 Å². The maximum atomic E-state index is 12.5. The van der Waals surface area contributed by atoms with Gasteiger partial charge in [0.15, 0.2) is 5.72 Å². The summed E-state index contributed by atoms with van der Waals surface area (Å²) in [6.45, 7) is 28.5. The van der Waals surface area contributed by atoms with Crippen LogP contribution in [0.5, 0.6) is 0 Å². The Morgan fingerprint density at radius 1 is 1.16 bits per heavy atom. The van der Waals surface area contributed by atoms with Gasteiger partial charge in [-0.15, -0.1) is 0 Å². The van der Waals surface area contributed by atoms with Crippen LogP contribution in [0.25, 0.3) is 0 Å². The second-order valence-corrected chi connectivity index (χ2v) is 14.1. The fourth-order valence-electron chi connectivity index (χ4n) is 5.64. The van der Waals surface area contributed by atoms with E-state index in [0.29, 0.717) is 16.7 Å².